The minimum absolute atomic E-state index is 0. The first-order chi connectivity index (χ1) is 13.7. The van der Waals surface area contributed by atoms with Crippen LogP contribution >= 0.6 is 24.0 Å². The van der Waals surface area contributed by atoms with Crippen LogP contribution < -0.4 is 5.56 Å². The Balaban J connectivity index is 0.00000205. The van der Waals surface area contributed by atoms with Crippen molar-refractivity contribution in [1.29, 1.82) is 0 Å². The highest BCUT2D eigenvalue weighted by atomic mass is 35.5. The number of H-pyrrole nitrogens is 1. The molecule has 0 aromatic heterocycles. The van der Waals surface area contributed by atoms with Gasteiger partial charge in [-0.05, 0) is 29.8 Å². The second kappa shape index (κ2) is 8.03. The average molecular weight is 427 g/mol. The molecule has 5 rings (SSSR count). The number of aromatic amines is 1. The third kappa shape index (κ3) is 3.69. The first-order valence-corrected chi connectivity index (χ1v) is 9.71. The molecule has 0 fully saturated rings. The molecular weight excluding hydrogens is 407 g/mol. The number of fused-ring (bicyclic) bond motifs is 3. The molecule has 0 unspecified atom stereocenters. The van der Waals surface area contributed by atoms with E-state index in [0.29, 0.717) is 10.6 Å². The van der Waals surface area contributed by atoms with Gasteiger partial charge in [0.1, 0.15) is 5.69 Å². The van der Waals surface area contributed by atoms with Crippen molar-refractivity contribution in [2.45, 2.75) is 19.5 Å². The van der Waals surface area contributed by atoms with Crippen LogP contribution in [0.1, 0.15) is 16.8 Å². The predicted octanol–water partition coefficient (Wildman–Crippen LogP) is 4.30. The zero-order valence-electron chi connectivity index (χ0n) is 15.6. The van der Waals surface area contributed by atoms with Crippen LogP contribution in [-0.4, -0.2) is 26.2 Å². The number of benzene rings is 2. The number of pyridine rings is 1. The Bertz CT molecular complexity index is 1150. The van der Waals surface area contributed by atoms with Crippen LogP contribution in [0.4, 0.5) is 0 Å². The molecule has 7 heteroatoms. The summed E-state index contributed by atoms with van der Waals surface area (Å²) in [5, 5.41) is 5.32. The average Bonchev–Trinajstić information content (AvgIpc) is 3.06. The fraction of sp³-hybridized carbons (Fsp3) is 0.182. The molecule has 0 radical (unpaired) electrons. The van der Waals surface area contributed by atoms with Crippen LogP contribution in [0.15, 0.2) is 65.6 Å². The zero-order valence-corrected chi connectivity index (χ0v) is 17.2. The van der Waals surface area contributed by atoms with E-state index in [4.69, 9.17) is 11.6 Å². The van der Waals surface area contributed by atoms with Gasteiger partial charge in [0, 0.05) is 48.5 Å². The minimum Gasteiger partial charge on any atom is -0.364 e. The molecule has 0 saturated carbocycles. The van der Waals surface area contributed by atoms with Crippen molar-refractivity contribution < 1.29 is 0 Å². The van der Waals surface area contributed by atoms with Gasteiger partial charge in [0.15, 0.2) is 0 Å². The summed E-state index contributed by atoms with van der Waals surface area (Å²) in [4.78, 5) is 18.6. The molecule has 1 N–H and O–H groups in total. The lowest BCUT2D eigenvalue weighted by atomic mass is 9.99. The molecule has 29 heavy (non-hydrogen) atoms. The Morgan fingerprint density at radius 2 is 1.83 bits per heavy atom. The van der Waals surface area contributed by atoms with Crippen molar-refractivity contribution in [3.05, 3.63) is 93.0 Å². The summed E-state index contributed by atoms with van der Waals surface area (Å²) in [6, 6.07) is 17.6. The Labute approximate surface area is 179 Å². The molecule has 3 aliphatic rings. The number of nitrogens with one attached hydrogen (secondary N) is 1. The lowest BCUT2D eigenvalue weighted by Gasteiger charge is -2.29. The molecule has 2 aromatic rings. The van der Waals surface area contributed by atoms with E-state index in [1.165, 1.54) is 10.2 Å². The van der Waals surface area contributed by atoms with Gasteiger partial charge in [-0.1, -0.05) is 41.9 Å². The van der Waals surface area contributed by atoms with Crippen molar-refractivity contribution in [3.63, 3.8) is 0 Å². The zero-order chi connectivity index (χ0) is 19.1. The Kier molecular flexibility index (Phi) is 5.46. The molecule has 0 amide bonds. The summed E-state index contributed by atoms with van der Waals surface area (Å²) in [7, 11) is 0. The second-order valence-corrected chi connectivity index (χ2v) is 7.58. The van der Waals surface area contributed by atoms with E-state index in [1.807, 2.05) is 18.2 Å². The molecule has 0 atom stereocenters. The highest BCUT2D eigenvalue weighted by Gasteiger charge is 2.26. The van der Waals surface area contributed by atoms with Crippen molar-refractivity contribution in [2.75, 3.05) is 6.54 Å². The SMILES string of the molecule is Cl.O=c1c2c[nH]c3c(c-2nn1-c1ccc(Cl)cc1)CN(Cc1ccccc1)CC3. The summed E-state index contributed by atoms with van der Waals surface area (Å²) in [5.41, 5.74) is 5.58. The minimum atomic E-state index is -0.114. The molecule has 2 aromatic carbocycles. The third-order valence-corrected chi connectivity index (χ3v) is 5.55. The van der Waals surface area contributed by atoms with Gasteiger partial charge in [0.05, 0.1) is 11.3 Å². The Morgan fingerprint density at radius 1 is 1.07 bits per heavy atom. The maximum Gasteiger partial charge on any atom is 0.282 e. The van der Waals surface area contributed by atoms with Crippen molar-refractivity contribution in [1.82, 2.24) is 19.7 Å². The van der Waals surface area contributed by atoms with E-state index in [9.17, 15) is 4.79 Å². The van der Waals surface area contributed by atoms with Gasteiger partial charge in [-0.25, -0.2) is 0 Å². The second-order valence-electron chi connectivity index (χ2n) is 7.15. The number of nitrogens with zero attached hydrogens (tertiary/aromatic N) is 3. The Morgan fingerprint density at radius 3 is 2.59 bits per heavy atom. The smallest absolute Gasteiger partial charge is 0.282 e. The molecule has 3 heterocycles. The van der Waals surface area contributed by atoms with E-state index in [0.717, 1.165) is 48.7 Å². The Hall–Kier alpha value is -2.60. The molecule has 0 aliphatic carbocycles. The van der Waals surface area contributed by atoms with Crippen molar-refractivity contribution in [2.24, 2.45) is 0 Å². The largest absolute Gasteiger partial charge is 0.364 e. The topological polar surface area (TPSA) is 53.9 Å². The summed E-state index contributed by atoms with van der Waals surface area (Å²) in [6.07, 6.45) is 2.71. The number of halogens is 2. The fourth-order valence-electron chi connectivity index (χ4n) is 3.86. The predicted molar refractivity (Wildman–Crippen MR) is 117 cm³/mol. The monoisotopic (exact) mass is 426 g/mol. The molecule has 5 nitrogen and oxygen atoms in total. The van der Waals surface area contributed by atoms with Gasteiger partial charge in [0.2, 0.25) is 0 Å². The summed E-state index contributed by atoms with van der Waals surface area (Å²) in [5.74, 6) is 0. The lowest BCUT2D eigenvalue weighted by molar-refractivity contribution is 0.243. The van der Waals surface area contributed by atoms with Crippen LogP contribution in [0.2, 0.25) is 5.02 Å². The fourth-order valence-corrected chi connectivity index (χ4v) is 3.98. The first kappa shape index (κ1) is 19.7. The number of aromatic nitrogens is 3. The van der Waals surface area contributed by atoms with Gasteiger partial charge in [-0.3, -0.25) is 9.69 Å². The highest BCUT2D eigenvalue weighted by Crippen LogP contribution is 2.29. The molecule has 148 valence electrons. The van der Waals surface area contributed by atoms with Crippen LogP contribution in [0, 0.1) is 0 Å². The number of hydrogen-bond acceptors (Lipinski definition) is 3. The van der Waals surface area contributed by atoms with Crippen LogP contribution in [0.25, 0.3) is 16.9 Å². The van der Waals surface area contributed by atoms with E-state index < -0.39 is 0 Å². The maximum absolute atomic E-state index is 12.9. The number of hydrogen-bond donors (Lipinski definition) is 1. The molecule has 0 saturated heterocycles. The van der Waals surface area contributed by atoms with E-state index >= 15 is 0 Å². The molecule has 0 spiro atoms. The van der Waals surface area contributed by atoms with Gasteiger partial charge >= 0.3 is 0 Å². The van der Waals surface area contributed by atoms with Crippen molar-refractivity contribution in [3.8, 4) is 16.9 Å². The van der Waals surface area contributed by atoms with E-state index in [2.05, 4.69) is 39.2 Å². The summed E-state index contributed by atoms with van der Waals surface area (Å²) >= 11 is 5.98. The van der Waals surface area contributed by atoms with Crippen LogP contribution in [0.3, 0.4) is 0 Å². The summed E-state index contributed by atoms with van der Waals surface area (Å²) < 4.78 is 1.46. The number of rotatable bonds is 3. The van der Waals surface area contributed by atoms with E-state index in [-0.39, 0.29) is 18.0 Å². The van der Waals surface area contributed by atoms with Gasteiger partial charge in [-0.2, -0.15) is 9.78 Å². The van der Waals surface area contributed by atoms with E-state index in [1.54, 1.807) is 18.3 Å². The van der Waals surface area contributed by atoms with Gasteiger partial charge < -0.3 is 4.98 Å². The lowest BCUT2D eigenvalue weighted by Crippen LogP contribution is -2.31. The summed E-state index contributed by atoms with van der Waals surface area (Å²) in [6.45, 7) is 2.64. The third-order valence-electron chi connectivity index (χ3n) is 5.30. The molecule has 0 bridgehead atoms. The first-order valence-electron chi connectivity index (χ1n) is 9.33. The molecular formula is C22H20Cl2N4O. The molecule has 3 aliphatic heterocycles. The van der Waals surface area contributed by atoms with Crippen LogP contribution in [0.5, 0.6) is 0 Å². The van der Waals surface area contributed by atoms with Crippen LogP contribution in [-0.2, 0) is 19.5 Å². The quantitative estimate of drug-likeness (QED) is 0.531. The van der Waals surface area contributed by atoms with Gasteiger partial charge in [0.25, 0.3) is 5.56 Å². The van der Waals surface area contributed by atoms with Gasteiger partial charge in [-0.15, -0.1) is 12.4 Å². The standard InChI is InChI=1S/C22H19ClN4O.ClH/c23-16-6-8-17(9-7-16)27-22(28)18-12-24-20-10-11-26(14-19(20)21(18)25-27)13-15-4-2-1-3-5-15;/h1-9,12,24H,10-11,13-14H2;1H. The highest BCUT2D eigenvalue weighted by molar-refractivity contribution is 6.30. The van der Waals surface area contributed by atoms with Crippen molar-refractivity contribution >= 4 is 24.0 Å². The maximum atomic E-state index is 12.9. The normalized spacial score (nSPS) is 13.8.